The Morgan fingerprint density at radius 3 is 2.50 bits per heavy atom. The average Bonchev–Trinajstić information content (AvgIpc) is 2.18. The van der Waals surface area contributed by atoms with Crippen LogP contribution in [0.5, 0.6) is 0 Å². The largest absolute Gasteiger partial charge is 0.383 e. The van der Waals surface area contributed by atoms with E-state index in [2.05, 4.69) is 31.0 Å². The fraction of sp³-hybridized carbons (Fsp3) is 1.00. The molecule has 0 saturated carbocycles. The Kier molecular flexibility index (Phi) is 9.35. The zero-order valence-electron chi connectivity index (χ0n) is 10.2. The number of nitrogens with one attached hydrogen (secondary N) is 1. The van der Waals surface area contributed by atoms with Gasteiger partial charge in [0.05, 0.1) is 6.61 Å². The van der Waals surface area contributed by atoms with E-state index < -0.39 is 0 Å². The molecule has 1 atom stereocenters. The van der Waals surface area contributed by atoms with Crippen LogP contribution in [0.4, 0.5) is 0 Å². The lowest BCUT2D eigenvalue weighted by Gasteiger charge is -2.27. The quantitative estimate of drug-likeness (QED) is 0.571. The fourth-order valence-electron chi connectivity index (χ4n) is 1.56. The van der Waals surface area contributed by atoms with Gasteiger partial charge in [-0.3, -0.25) is 4.90 Å². The summed E-state index contributed by atoms with van der Waals surface area (Å²) < 4.78 is 5.15. The normalized spacial score (nSPS) is 13.5. The molecule has 0 aliphatic rings. The Bertz CT molecular complexity index is 120. The first-order chi connectivity index (χ1) is 6.76. The summed E-state index contributed by atoms with van der Waals surface area (Å²) in [6.07, 6.45) is 1.21. The number of nitrogens with zero attached hydrogens (tertiary/aromatic N) is 1. The van der Waals surface area contributed by atoms with Gasteiger partial charge in [0.15, 0.2) is 0 Å². The van der Waals surface area contributed by atoms with Crippen LogP contribution in [0.2, 0.25) is 0 Å². The lowest BCUT2D eigenvalue weighted by molar-refractivity contribution is 0.103. The van der Waals surface area contributed by atoms with Gasteiger partial charge in [-0.25, -0.2) is 0 Å². The van der Waals surface area contributed by atoms with Crippen LogP contribution in [0.3, 0.4) is 0 Å². The second-order valence-electron chi connectivity index (χ2n) is 3.68. The van der Waals surface area contributed by atoms with Crippen molar-refractivity contribution in [2.24, 2.45) is 0 Å². The minimum absolute atomic E-state index is 0.522. The number of methoxy groups -OCH3 is 1. The highest BCUT2D eigenvalue weighted by molar-refractivity contribution is 4.66. The molecule has 0 amide bonds. The van der Waals surface area contributed by atoms with Crippen LogP contribution in [0.1, 0.15) is 27.2 Å². The van der Waals surface area contributed by atoms with E-state index >= 15 is 0 Å². The molecule has 0 radical (unpaired) electrons. The van der Waals surface area contributed by atoms with Crippen LogP contribution >= 0.6 is 0 Å². The molecular formula is C11H26N2O. The van der Waals surface area contributed by atoms with E-state index in [4.69, 9.17) is 4.74 Å². The van der Waals surface area contributed by atoms with Gasteiger partial charge in [0, 0.05) is 26.2 Å². The molecule has 0 aliphatic carbocycles. The number of hydrogen-bond donors (Lipinski definition) is 1. The Morgan fingerprint density at radius 1 is 1.29 bits per heavy atom. The van der Waals surface area contributed by atoms with Gasteiger partial charge in [-0.2, -0.15) is 0 Å². The van der Waals surface area contributed by atoms with Crippen molar-refractivity contribution < 1.29 is 4.74 Å². The average molecular weight is 202 g/mol. The number of rotatable bonds is 9. The van der Waals surface area contributed by atoms with Crippen molar-refractivity contribution in [1.82, 2.24) is 10.2 Å². The van der Waals surface area contributed by atoms with Gasteiger partial charge in [-0.05, 0) is 26.4 Å². The summed E-state index contributed by atoms with van der Waals surface area (Å²) in [6.45, 7) is 11.8. The van der Waals surface area contributed by atoms with E-state index in [0.29, 0.717) is 6.04 Å². The van der Waals surface area contributed by atoms with Gasteiger partial charge >= 0.3 is 0 Å². The molecule has 0 spiro atoms. The predicted molar refractivity (Wildman–Crippen MR) is 61.7 cm³/mol. The number of likely N-dealkylation sites (N-methyl/N-ethyl adjacent to an activating group) is 1. The van der Waals surface area contributed by atoms with E-state index in [1.165, 1.54) is 6.42 Å². The molecule has 0 aromatic carbocycles. The molecule has 0 aromatic rings. The molecule has 3 heteroatoms. The fourth-order valence-corrected chi connectivity index (χ4v) is 1.56. The van der Waals surface area contributed by atoms with Gasteiger partial charge in [0.25, 0.3) is 0 Å². The molecule has 1 unspecified atom stereocenters. The molecular weight excluding hydrogens is 176 g/mol. The third-order valence-electron chi connectivity index (χ3n) is 2.44. The standard InChI is InChI=1S/C11H26N2O/c1-5-7-12-8-9-13(6-2)11(3)10-14-4/h11-12H,5-10H2,1-4H3. The highest BCUT2D eigenvalue weighted by atomic mass is 16.5. The van der Waals surface area contributed by atoms with Crippen molar-refractivity contribution in [1.29, 1.82) is 0 Å². The van der Waals surface area contributed by atoms with Crippen molar-refractivity contribution in [2.45, 2.75) is 33.2 Å². The lowest BCUT2D eigenvalue weighted by atomic mass is 10.3. The molecule has 0 saturated heterocycles. The van der Waals surface area contributed by atoms with Crippen molar-refractivity contribution in [3.05, 3.63) is 0 Å². The van der Waals surface area contributed by atoms with E-state index in [1.54, 1.807) is 7.11 Å². The highest BCUT2D eigenvalue weighted by Gasteiger charge is 2.10. The van der Waals surface area contributed by atoms with Crippen LogP contribution in [0.25, 0.3) is 0 Å². The van der Waals surface area contributed by atoms with E-state index in [0.717, 1.165) is 32.8 Å². The third-order valence-corrected chi connectivity index (χ3v) is 2.44. The molecule has 3 nitrogen and oxygen atoms in total. The summed E-state index contributed by atoms with van der Waals surface area (Å²) in [5.41, 5.74) is 0. The molecule has 86 valence electrons. The first-order valence-corrected chi connectivity index (χ1v) is 5.69. The Hall–Kier alpha value is -0.120. The molecule has 0 fully saturated rings. The van der Waals surface area contributed by atoms with Gasteiger partial charge in [0.1, 0.15) is 0 Å². The monoisotopic (exact) mass is 202 g/mol. The second-order valence-corrected chi connectivity index (χ2v) is 3.68. The highest BCUT2D eigenvalue weighted by Crippen LogP contribution is 1.97. The van der Waals surface area contributed by atoms with Crippen LogP contribution in [-0.4, -0.2) is 50.8 Å². The van der Waals surface area contributed by atoms with Crippen molar-refractivity contribution in [3.8, 4) is 0 Å². The van der Waals surface area contributed by atoms with Crippen LogP contribution in [0.15, 0.2) is 0 Å². The minimum Gasteiger partial charge on any atom is -0.383 e. The topological polar surface area (TPSA) is 24.5 Å². The van der Waals surface area contributed by atoms with Gasteiger partial charge < -0.3 is 10.1 Å². The van der Waals surface area contributed by atoms with E-state index in [1.807, 2.05) is 0 Å². The molecule has 0 aliphatic heterocycles. The molecule has 0 bridgehead atoms. The second kappa shape index (κ2) is 9.44. The van der Waals surface area contributed by atoms with Gasteiger partial charge in [-0.15, -0.1) is 0 Å². The van der Waals surface area contributed by atoms with E-state index in [-0.39, 0.29) is 0 Å². The first kappa shape index (κ1) is 13.9. The predicted octanol–water partition coefficient (Wildman–Crippen LogP) is 1.34. The third kappa shape index (κ3) is 6.35. The molecule has 1 N–H and O–H groups in total. The smallest absolute Gasteiger partial charge is 0.0615 e. The molecule has 14 heavy (non-hydrogen) atoms. The minimum atomic E-state index is 0.522. The SMILES string of the molecule is CCCNCCN(CC)C(C)COC. The number of hydrogen-bond acceptors (Lipinski definition) is 3. The lowest BCUT2D eigenvalue weighted by Crippen LogP contribution is -2.40. The van der Waals surface area contributed by atoms with Crippen molar-refractivity contribution >= 4 is 0 Å². The summed E-state index contributed by atoms with van der Waals surface area (Å²) >= 11 is 0. The Morgan fingerprint density at radius 2 is 2.00 bits per heavy atom. The Labute approximate surface area is 88.8 Å². The molecule has 0 heterocycles. The summed E-state index contributed by atoms with van der Waals surface area (Å²) in [5.74, 6) is 0. The first-order valence-electron chi connectivity index (χ1n) is 5.69. The van der Waals surface area contributed by atoms with E-state index in [9.17, 15) is 0 Å². The van der Waals surface area contributed by atoms with Crippen LogP contribution in [-0.2, 0) is 4.74 Å². The van der Waals surface area contributed by atoms with Gasteiger partial charge in [0.2, 0.25) is 0 Å². The maximum Gasteiger partial charge on any atom is 0.0615 e. The zero-order valence-corrected chi connectivity index (χ0v) is 10.2. The van der Waals surface area contributed by atoms with Crippen molar-refractivity contribution in [3.63, 3.8) is 0 Å². The summed E-state index contributed by atoms with van der Waals surface area (Å²) in [6, 6.07) is 0.522. The van der Waals surface area contributed by atoms with Crippen LogP contribution < -0.4 is 5.32 Å². The van der Waals surface area contributed by atoms with Crippen LogP contribution in [0, 0.1) is 0 Å². The maximum absolute atomic E-state index is 5.15. The zero-order chi connectivity index (χ0) is 10.8. The van der Waals surface area contributed by atoms with Crippen molar-refractivity contribution in [2.75, 3.05) is 39.9 Å². The summed E-state index contributed by atoms with van der Waals surface area (Å²) in [7, 11) is 1.76. The summed E-state index contributed by atoms with van der Waals surface area (Å²) in [5, 5.41) is 3.41. The van der Waals surface area contributed by atoms with Gasteiger partial charge in [-0.1, -0.05) is 13.8 Å². The maximum atomic E-state index is 5.15. The molecule has 0 rings (SSSR count). The number of ether oxygens (including phenoxy) is 1. The summed E-state index contributed by atoms with van der Waals surface area (Å²) in [4.78, 5) is 2.44. The Balaban J connectivity index is 3.56. The molecule has 0 aromatic heterocycles.